The predicted molar refractivity (Wildman–Crippen MR) is 93.6 cm³/mol. The standard InChI is InChI=1S/C20H18N3O3/c24-20(17-6-2-1-3-7-17)18-9-12-22(13-10-18)15-26-16-23-11-5-4-8-19(23)14-21-25/h1-14H,15-16H2/q+1/p+1. The highest BCUT2D eigenvalue weighted by Gasteiger charge is 2.12. The topological polar surface area (TPSA) is 66.7 Å². The molecule has 0 bridgehead atoms. The third-order valence-corrected chi connectivity index (χ3v) is 3.83. The van der Waals surface area contributed by atoms with Gasteiger partial charge in [0, 0.05) is 35.4 Å². The van der Waals surface area contributed by atoms with Crippen LogP contribution in [0.2, 0.25) is 0 Å². The fraction of sp³-hybridized carbons (Fsp3) is 0.100. The number of ketones is 1. The Kier molecular flexibility index (Phi) is 5.80. The first-order valence-corrected chi connectivity index (χ1v) is 8.10. The van der Waals surface area contributed by atoms with Crippen molar-refractivity contribution in [1.29, 1.82) is 0 Å². The maximum atomic E-state index is 12.4. The second-order valence-electron chi connectivity index (χ2n) is 5.60. The molecule has 0 saturated carbocycles. The third-order valence-electron chi connectivity index (χ3n) is 3.83. The number of carbonyl (C=O) groups excluding carboxylic acids is 1. The van der Waals surface area contributed by atoms with E-state index in [2.05, 4.69) is 5.16 Å². The average molecular weight is 349 g/mol. The van der Waals surface area contributed by atoms with Crippen LogP contribution in [0.15, 0.2) is 84.4 Å². The first-order chi connectivity index (χ1) is 12.8. The van der Waals surface area contributed by atoms with Gasteiger partial charge in [0.2, 0.25) is 5.69 Å². The summed E-state index contributed by atoms with van der Waals surface area (Å²) in [6.07, 6.45) is 6.80. The van der Waals surface area contributed by atoms with Crippen LogP contribution in [0.25, 0.3) is 0 Å². The molecular weight excluding hydrogens is 330 g/mol. The summed E-state index contributed by atoms with van der Waals surface area (Å²) in [5.74, 6) is -0.00792. The van der Waals surface area contributed by atoms with E-state index >= 15 is 0 Å². The summed E-state index contributed by atoms with van der Waals surface area (Å²) in [4.78, 5) is 12.4. The highest BCUT2D eigenvalue weighted by Crippen LogP contribution is 2.07. The molecule has 0 saturated heterocycles. The lowest BCUT2D eigenvalue weighted by atomic mass is 10.1. The van der Waals surface area contributed by atoms with Crippen molar-refractivity contribution >= 4 is 12.0 Å². The number of rotatable bonds is 7. The summed E-state index contributed by atoms with van der Waals surface area (Å²) >= 11 is 0. The Hall–Kier alpha value is -3.38. The maximum Gasteiger partial charge on any atom is 0.258 e. The van der Waals surface area contributed by atoms with Crippen molar-refractivity contribution < 1.29 is 23.9 Å². The van der Waals surface area contributed by atoms with Gasteiger partial charge in [0.05, 0.1) is 0 Å². The van der Waals surface area contributed by atoms with Crippen LogP contribution >= 0.6 is 0 Å². The van der Waals surface area contributed by atoms with Crippen molar-refractivity contribution in [3.05, 3.63) is 96.1 Å². The van der Waals surface area contributed by atoms with Crippen LogP contribution in [0.3, 0.4) is 0 Å². The monoisotopic (exact) mass is 349 g/mol. The quantitative estimate of drug-likeness (QED) is 0.233. The molecular formula is C20H19N3O3+2. The number of nitrogens with zero attached hydrogens (tertiary/aromatic N) is 3. The molecule has 1 N–H and O–H groups in total. The number of benzene rings is 1. The molecule has 6 nitrogen and oxygen atoms in total. The number of hydrogen-bond acceptors (Lipinski definition) is 4. The highest BCUT2D eigenvalue weighted by molar-refractivity contribution is 6.08. The van der Waals surface area contributed by atoms with Crippen molar-refractivity contribution in [2.45, 2.75) is 13.5 Å². The Bertz CT molecular complexity index is 894. The van der Waals surface area contributed by atoms with E-state index in [1.807, 2.05) is 64.1 Å². The van der Waals surface area contributed by atoms with Gasteiger partial charge in [-0.15, -0.1) is 0 Å². The summed E-state index contributed by atoms with van der Waals surface area (Å²) in [6.45, 7) is 0.636. The van der Waals surface area contributed by atoms with Crippen molar-refractivity contribution in [3.63, 3.8) is 0 Å². The van der Waals surface area contributed by atoms with Crippen LogP contribution in [-0.4, -0.2) is 17.2 Å². The molecule has 0 aliphatic rings. The van der Waals surface area contributed by atoms with Gasteiger partial charge in [-0.25, -0.2) is 0 Å². The molecule has 2 aromatic heterocycles. The summed E-state index contributed by atoms with van der Waals surface area (Å²) in [5, 5.41) is 11.7. The lowest BCUT2D eigenvalue weighted by molar-refractivity contribution is -0.788. The first-order valence-electron chi connectivity index (χ1n) is 8.10. The number of carbonyl (C=O) groups is 1. The molecule has 6 heteroatoms. The molecule has 130 valence electrons. The molecule has 0 radical (unpaired) electrons. The molecule has 0 unspecified atom stereocenters. The zero-order valence-electron chi connectivity index (χ0n) is 14.1. The minimum atomic E-state index is -0.00792. The van der Waals surface area contributed by atoms with E-state index in [-0.39, 0.29) is 5.78 Å². The Morgan fingerprint density at radius 3 is 2.35 bits per heavy atom. The van der Waals surface area contributed by atoms with Gasteiger partial charge in [-0.05, 0) is 6.07 Å². The van der Waals surface area contributed by atoms with Crippen molar-refractivity contribution in [2.75, 3.05) is 0 Å². The second-order valence-corrected chi connectivity index (χ2v) is 5.60. The molecule has 0 aliphatic carbocycles. The molecule has 0 spiro atoms. The zero-order chi connectivity index (χ0) is 18.2. The average Bonchev–Trinajstić information content (AvgIpc) is 2.70. The fourth-order valence-corrected chi connectivity index (χ4v) is 2.48. The van der Waals surface area contributed by atoms with Gasteiger partial charge < -0.3 is 5.21 Å². The van der Waals surface area contributed by atoms with Gasteiger partial charge in [-0.2, -0.15) is 9.13 Å². The van der Waals surface area contributed by atoms with Gasteiger partial charge in [-0.3, -0.25) is 9.53 Å². The lowest BCUT2D eigenvalue weighted by Gasteiger charge is -2.02. The van der Waals surface area contributed by atoms with Crippen LogP contribution < -0.4 is 9.13 Å². The summed E-state index contributed by atoms with van der Waals surface area (Å²) in [7, 11) is 0. The van der Waals surface area contributed by atoms with E-state index in [4.69, 9.17) is 9.94 Å². The molecule has 3 rings (SSSR count). The minimum absolute atomic E-state index is 0.00792. The number of hydrogen-bond donors (Lipinski definition) is 1. The molecule has 1 aromatic carbocycles. The molecule has 26 heavy (non-hydrogen) atoms. The maximum absolute atomic E-state index is 12.4. The van der Waals surface area contributed by atoms with Gasteiger partial charge in [-0.1, -0.05) is 35.5 Å². The molecule has 0 aliphatic heterocycles. The van der Waals surface area contributed by atoms with E-state index in [1.54, 1.807) is 24.3 Å². The largest absolute Gasteiger partial charge is 0.411 e. The Morgan fingerprint density at radius 2 is 1.62 bits per heavy atom. The van der Waals surface area contributed by atoms with E-state index in [0.717, 1.165) is 5.69 Å². The first kappa shape index (κ1) is 17.4. The van der Waals surface area contributed by atoms with E-state index in [0.29, 0.717) is 24.6 Å². The van der Waals surface area contributed by atoms with E-state index in [9.17, 15) is 4.79 Å². The van der Waals surface area contributed by atoms with Crippen LogP contribution in [0.1, 0.15) is 21.6 Å². The zero-order valence-corrected chi connectivity index (χ0v) is 14.1. The van der Waals surface area contributed by atoms with Crippen LogP contribution in [0.4, 0.5) is 0 Å². The molecule has 2 heterocycles. The van der Waals surface area contributed by atoms with E-state index < -0.39 is 0 Å². The van der Waals surface area contributed by atoms with Gasteiger partial charge in [0.1, 0.15) is 6.21 Å². The van der Waals surface area contributed by atoms with Crippen molar-refractivity contribution in [2.24, 2.45) is 5.16 Å². The number of ether oxygens (including phenoxy) is 1. The summed E-state index contributed by atoms with van der Waals surface area (Å²) < 4.78 is 9.33. The normalized spacial score (nSPS) is 10.9. The van der Waals surface area contributed by atoms with Gasteiger partial charge >= 0.3 is 0 Å². The summed E-state index contributed by atoms with van der Waals surface area (Å²) in [6, 6.07) is 18.3. The smallest absolute Gasteiger partial charge is 0.258 e. The van der Waals surface area contributed by atoms with Crippen molar-refractivity contribution in [3.8, 4) is 0 Å². The molecule has 0 atom stereocenters. The predicted octanol–water partition coefficient (Wildman–Crippen LogP) is 1.93. The van der Waals surface area contributed by atoms with Crippen molar-refractivity contribution in [1.82, 2.24) is 0 Å². The Labute approximate surface area is 151 Å². The molecule has 0 fully saturated rings. The number of pyridine rings is 2. The van der Waals surface area contributed by atoms with E-state index in [1.165, 1.54) is 6.21 Å². The Morgan fingerprint density at radius 1 is 0.923 bits per heavy atom. The van der Waals surface area contributed by atoms with Crippen LogP contribution in [0, 0.1) is 0 Å². The second kappa shape index (κ2) is 8.64. The Balaban J connectivity index is 1.59. The van der Waals surface area contributed by atoms with Gasteiger partial charge in [0.25, 0.3) is 13.5 Å². The van der Waals surface area contributed by atoms with Crippen LogP contribution in [0.5, 0.6) is 0 Å². The molecule has 0 amide bonds. The third kappa shape index (κ3) is 4.37. The lowest BCUT2D eigenvalue weighted by Crippen LogP contribution is -2.42. The molecule has 3 aromatic rings. The van der Waals surface area contributed by atoms with Gasteiger partial charge in [0.15, 0.2) is 24.4 Å². The highest BCUT2D eigenvalue weighted by atomic mass is 16.5. The fourth-order valence-electron chi connectivity index (χ4n) is 2.48. The number of aromatic nitrogens is 2. The SMILES string of the molecule is O=C(c1ccccc1)c1cc[n+](COC[n+]2ccccc2/C=N\O)cc1. The minimum Gasteiger partial charge on any atom is -0.411 e. The number of oxime groups is 1. The summed E-state index contributed by atoms with van der Waals surface area (Å²) in [5.41, 5.74) is 2.02. The van der Waals surface area contributed by atoms with Crippen LogP contribution in [-0.2, 0) is 18.2 Å².